The highest BCUT2D eigenvalue weighted by atomic mass is 35.5. The smallest absolute Gasteiger partial charge is 0.335 e. The Labute approximate surface area is 148 Å². The van der Waals surface area contributed by atoms with Gasteiger partial charge in [0.15, 0.2) is 0 Å². The minimum absolute atomic E-state index is 0.239. The number of rotatable bonds is 3. The fraction of sp³-hybridized carbons (Fsp3) is 0. The number of carboxylic acids is 1. The molecule has 4 aromatic rings. The average Bonchev–Trinajstić information content (AvgIpc) is 3.05. The number of imidazole rings is 1. The van der Waals surface area contributed by atoms with E-state index in [1.54, 1.807) is 24.5 Å². The molecule has 0 amide bonds. The second-order valence-corrected chi connectivity index (χ2v) is 6.12. The molecule has 25 heavy (non-hydrogen) atoms. The number of hydrogen-bond acceptors (Lipinski definition) is 2. The first-order valence-electron chi connectivity index (χ1n) is 7.68. The number of hydrogen-bond donors (Lipinski definition) is 1. The predicted octanol–water partition coefficient (Wildman–Crippen LogP) is 5.04. The Morgan fingerprint density at radius 1 is 0.960 bits per heavy atom. The number of benzene rings is 3. The van der Waals surface area contributed by atoms with E-state index in [1.165, 1.54) is 0 Å². The highest BCUT2D eigenvalue weighted by molar-refractivity contribution is 6.30. The van der Waals surface area contributed by atoms with Crippen molar-refractivity contribution in [3.05, 3.63) is 83.6 Å². The molecule has 3 aromatic carbocycles. The van der Waals surface area contributed by atoms with Gasteiger partial charge in [-0.2, -0.15) is 0 Å². The second-order valence-electron chi connectivity index (χ2n) is 5.68. The molecule has 0 saturated carbocycles. The van der Waals surface area contributed by atoms with Gasteiger partial charge in [0.2, 0.25) is 0 Å². The van der Waals surface area contributed by atoms with Crippen molar-refractivity contribution in [2.45, 2.75) is 0 Å². The Bertz CT molecular complexity index is 1080. The summed E-state index contributed by atoms with van der Waals surface area (Å²) >= 11 is 5.96. The number of nitrogens with zero attached hydrogens (tertiary/aromatic N) is 2. The lowest BCUT2D eigenvalue weighted by Gasteiger charge is -2.08. The standard InChI is InChI=1S/C20H13ClN2O2/c21-16-7-4-13(5-8-16)14-2-1-3-17(10-14)23-12-22-18-9-6-15(20(24)25)11-19(18)23/h1-12H,(H,24,25). The van der Waals surface area contributed by atoms with Gasteiger partial charge >= 0.3 is 5.97 Å². The van der Waals surface area contributed by atoms with E-state index >= 15 is 0 Å². The SMILES string of the molecule is O=C(O)c1ccc2ncn(-c3cccc(-c4ccc(Cl)cc4)c3)c2c1. The highest BCUT2D eigenvalue weighted by Crippen LogP contribution is 2.26. The fourth-order valence-electron chi connectivity index (χ4n) is 2.82. The molecule has 0 saturated heterocycles. The summed E-state index contributed by atoms with van der Waals surface area (Å²) in [5.74, 6) is -0.954. The van der Waals surface area contributed by atoms with Gasteiger partial charge in [0, 0.05) is 10.7 Å². The van der Waals surface area contributed by atoms with E-state index in [1.807, 2.05) is 53.1 Å². The largest absolute Gasteiger partial charge is 0.478 e. The van der Waals surface area contributed by atoms with Crippen LogP contribution in [0.2, 0.25) is 5.02 Å². The van der Waals surface area contributed by atoms with E-state index in [4.69, 9.17) is 11.6 Å². The van der Waals surface area contributed by atoms with Gasteiger partial charge in [0.1, 0.15) is 6.33 Å². The van der Waals surface area contributed by atoms with E-state index in [0.29, 0.717) is 5.02 Å². The molecule has 5 heteroatoms. The summed E-state index contributed by atoms with van der Waals surface area (Å²) in [6.45, 7) is 0. The number of aromatic nitrogens is 2. The minimum Gasteiger partial charge on any atom is -0.478 e. The maximum atomic E-state index is 11.2. The van der Waals surface area contributed by atoms with Crippen LogP contribution in [0.1, 0.15) is 10.4 Å². The first kappa shape index (κ1) is 15.4. The average molecular weight is 349 g/mol. The van der Waals surface area contributed by atoms with Gasteiger partial charge < -0.3 is 5.11 Å². The van der Waals surface area contributed by atoms with Gasteiger partial charge in [-0.25, -0.2) is 9.78 Å². The summed E-state index contributed by atoms with van der Waals surface area (Å²) in [6, 6.07) is 20.6. The third-order valence-electron chi connectivity index (χ3n) is 4.10. The van der Waals surface area contributed by atoms with Crippen molar-refractivity contribution >= 4 is 28.6 Å². The molecule has 0 atom stereocenters. The molecular weight excluding hydrogens is 336 g/mol. The summed E-state index contributed by atoms with van der Waals surface area (Å²) in [5, 5.41) is 9.91. The molecule has 122 valence electrons. The lowest BCUT2D eigenvalue weighted by Crippen LogP contribution is -1.97. The fourth-order valence-corrected chi connectivity index (χ4v) is 2.95. The van der Waals surface area contributed by atoms with Crippen molar-refractivity contribution in [3.63, 3.8) is 0 Å². The molecular formula is C20H13ClN2O2. The van der Waals surface area contributed by atoms with E-state index < -0.39 is 5.97 Å². The molecule has 0 fully saturated rings. The Balaban J connectivity index is 1.83. The zero-order chi connectivity index (χ0) is 17.4. The van der Waals surface area contributed by atoms with Gasteiger partial charge in [-0.05, 0) is 53.6 Å². The normalized spacial score (nSPS) is 10.9. The van der Waals surface area contributed by atoms with Crippen LogP contribution in [0.5, 0.6) is 0 Å². The summed E-state index contributed by atoms with van der Waals surface area (Å²) < 4.78 is 1.89. The molecule has 4 rings (SSSR count). The molecule has 0 bridgehead atoms. The molecule has 1 aromatic heterocycles. The number of halogens is 1. The molecule has 0 aliphatic carbocycles. The van der Waals surface area contributed by atoms with Gasteiger partial charge in [-0.15, -0.1) is 0 Å². The van der Waals surface area contributed by atoms with Gasteiger partial charge in [-0.3, -0.25) is 4.57 Å². The summed E-state index contributed by atoms with van der Waals surface area (Å²) in [4.78, 5) is 15.6. The first-order chi connectivity index (χ1) is 12.1. The van der Waals surface area contributed by atoms with Crippen LogP contribution in [-0.2, 0) is 0 Å². The summed E-state index contributed by atoms with van der Waals surface area (Å²) in [7, 11) is 0. The Morgan fingerprint density at radius 3 is 2.52 bits per heavy atom. The van der Waals surface area contributed by atoms with E-state index in [2.05, 4.69) is 4.98 Å². The Kier molecular flexibility index (Phi) is 3.75. The van der Waals surface area contributed by atoms with Gasteiger partial charge in [0.25, 0.3) is 0 Å². The Morgan fingerprint density at radius 2 is 1.76 bits per heavy atom. The van der Waals surface area contributed by atoms with Crippen LogP contribution in [0.4, 0.5) is 0 Å². The van der Waals surface area contributed by atoms with E-state index in [0.717, 1.165) is 27.8 Å². The predicted molar refractivity (Wildman–Crippen MR) is 98.5 cm³/mol. The van der Waals surface area contributed by atoms with Crippen LogP contribution in [-0.4, -0.2) is 20.6 Å². The quantitative estimate of drug-likeness (QED) is 0.564. The molecule has 0 radical (unpaired) electrons. The van der Waals surface area contributed by atoms with Crippen LogP contribution in [0.25, 0.3) is 27.8 Å². The summed E-state index contributed by atoms with van der Waals surface area (Å²) in [6.07, 6.45) is 1.71. The summed E-state index contributed by atoms with van der Waals surface area (Å²) in [5.41, 5.74) is 4.77. The maximum absolute atomic E-state index is 11.2. The van der Waals surface area contributed by atoms with Crippen LogP contribution >= 0.6 is 11.6 Å². The zero-order valence-corrected chi connectivity index (χ0v) is 13.8. The van der Waals surface area contributed by atoms with Crippen LogP contribution < -0.4 is 0 Å². The van der Waals surface area contributed by atoms with Crippen LogP contribution in [0, 0.1) is 0 Å². The van der Waals surface area contributed by atoms with Gasteiger partial charge in [0.05, 0.1) is 16.6 Å². The van der Waals surface area contributed by atoms with E-state index in [-0.39, 0.29) is 5.56 Å². The number of carbonyl (C=O) groups is 1. The lowest BCUT2D eigenvalue weighted by atomic mass is 10.1. The molecule has 0 aliphatic heterocycles. The van der Waals surface area contributed by atoms with Crippen molar-refractivity contribution in [1.82, 2.24) is 9.55 Å². The van der Waals surface area contributed by atoms with Crippen LogP contribution in [0.15, 0.2) is 73.1 Å². The third-order valence-corrected chi connectivity index (χ3v) is 4.35. The number of carboxylic acid groups (broad SMARTS) is 1. The monoisotopic (exact) mass is 348 g/mol. The number of aromatic carboxylic acids is 1. The molecule has 0 aliphatic rings. The highest BCUT2D eigenvalue weighted by Gasteiger charge is 2.10. The molecule has 1 heterocycles. The van der Waals surface area contributed by atoms with Crippen molar-refractivity contribution in [2.24, 2.45) is 0 Å². The van der Waals surface area contributed by atoms with E-state index in [9.17, 15) is 9.90 Å². The molecule has 4 nitrogen and oxygen atoms in total. The van der Waals surface area contributed by atoms with Crippen molar-refractivity contribution < 1.29 is 9.90 Å². The second kappa shape index (κ2) is 6.07. The molecule has 0 spiro atoms. The van der Waals surface area contributed by atoms with Crippen molar-refractivity contribution in [3.8, 4) is 16.8 Å². The van der Waals surface area contributed by atoms with Crippen molar-refractivity contribution in [1.29, 1.82) is 0 Å². The third kappa shape index (κ3) is 2.88. The molecule has 0 unspecified atom stereocenters. The lowest BCUT2D eigenvalue weighted by molar-refractivity contribution is 0.0697. The first-order valence-corrected chi connectivity index (χ1v) is 8.06. The van der Waals surface area contributed by atoms with Crippen molar-refractivity contribution in [2.75, 3.05) is 0 Å². The topological polar surface area (TPSA) is 55.1 Å². The molecule has 1 N–H and O–H groups in total. The van der Waals surface area contributed by atoms with Gasteiger partial charge in [-0.1, -0.05) is 35.9 Å². The Hall–Kier alpha value is -3.11. The maximum Gasteiger partial charge on any atom is 0.335 e. The minimum atomic E-state index is -0.954. The van der Waals surface area contributed by atoms with Crippen LogP contribution in [0.3, 0.4) is 0 Å². The zero-order valence-electron chi connectivity index (χ0n) is 13.1. The number of fused-ring (bicyclic) bond motifs is 1.